The first-order valence-corrected chi connectivity index (χ1v) is 15.3. The third-order valence-corrected chi connectivity index (χ3v) is 9.18. The fourth-order valence-electron chi connectivity index (χ4n) is 5.36. The van der Waals surface area contributed by atoms with Gasteiger partial charge in [0.15, 0.2) is 0 Å². The molecular formula is C33H37N5O2S. The smallest absolute Gasteiger partial charge is 0.222 e. The van der Waals surface area contributed by atoms with E-state index in [1.54, 1.807) is 11.3 Å². The van der Waals surface area contributed by atoms with Gasteiger partial charge in [-0.2, -0.15) is 0 Å². The highest BCUT2D eigenvalue weighted by atomic mass is 32.1. The van der Waals surface area contributed by atoms with Crippen LogP contribution in [0.1, 0.15) is 43.2 Å². The zero-order chi connectivity index (χ0) is 28.3. The van der Waals surface area contributed by atoms with E-state index in [1.165, 1.54) is 5.69 Å². The van der Waals surface area contributed by atoms with E-state index in [2.05, 4.69) is 83.4 Å². The first kappa shape index (κ1) is 27.4. The summed E-state index contributed by atoms with van der Waals surface area (Å²) in [4.78, 5) is 19.2. The molecule has 0 spiro atoms. The molecule has 2 fully saturated rings. The molecule has 0 atom stereocenters. The first-order valence-electron chi connectivity index (χ1n) is 14.5. The molecule has 2 aliphatic heterocycles. The van der Waals surface area contributed by atoms with Crippen molar-refractivity contribution in [2.45, 2.75) is 39.2 Å². The monoisotopic (exact) mass is 567 g/mol. The molecule has 2 saturated heterocycles. The minimum Gasteiger partial charge on any atom is -0.457 e. The lowest BCUT2D eigenvalue weighted by atomic mass is 10.0. The van der Waals surface area contributed by atoms with Crippen LogP contribution in [0.3, 0.4) is 0 Å². The number of carbonyl (C=O) groups excluding carboxylic acids is 1. The zero-order valence-electron chi connectivity index (χ0n) is 24.0. The molecule has 3 heterocycles. The number of aromatic nitrogens is 2. The highest BCUT2D eigenvalue weighted by molar-refractivity contribution is 7.14. The SMILES string of the molecule is CC(C)c1nnc(-c2ccc(Oc3cc(-c4cccc(N5CCN(C)CC5)c4)ccc3CN3CCCC3=O)cc2)s1. The Morgan fingerprint density at radius 3 is 2.34 bits per heavy atom. The minimum absolute atomic E-state index is 0.210. The molecule has 0 saturated carbocycles. The molecule has 0 aliphatic carbocycles. The number of likely N-dealkylation sites (N-methyl/N-ethyl adjacent to an activating group) is 1. The molecule has 0 N–H and O–H groups in total. The maximum absolute atomic E-state index is 12.4. The van der Waals surface area contributed by atoms with Crippen molar-refractivity contribution in [1.29, 1.82) is 0 Å². The van der Waals surface area contributed by atoms with E-state index in [4.69, 9.17) is 4.74 Å². The van der Waals surface area contributed by atoms with Gasteiger partial charge in [-0.25, -0.2) is 0 Å². The summed E-state index contributed by atoms with van der Waals surface area (Å²) in [7, 11) is 2.18. The van der Waals surface area contributed by atoms with E-state index in [-0.39, 0.29) is 5.91 Å². The summed E-state index contributed by atoms with van der Waals surface area (Å²) in [5.74, 6) is 2.10. The predicted octanol–water partition coefficient (Wildman–Crippen LogP) is 6.66. The molecule has 0 unspecified atom stereocenters. The topological polar surface area (TPSA) is 61.8 Å². The second-order valence-corrected chi connectivity index (χ2v) is 12.3. The number of piperazine rings is 1. The van der Waals surface area contributed by atoms with Crippen molar-refractivity contribution in [3.05, 3.63) is 77.3 Å². The van der Waals surface area contributed by atoms with Gasteiger partial charge in [0.05, 0.1) is 0 Å². The Labute approximate surface area is 246 Å². The number of hydrogen-bond donors (Lipinski definition) is 0. The summed E-state index contributed by atoms with van der Waals surface area (Å²) >= 11 is 1.63. The molecule has 0 bridgehead atoms. The lowest BCUT2D eigenvalue weighted by Crippen LogP contribution is -2.44. The Kier molecular flexibility index (Phi) is 8.03. The highest BCUT2D eigenvalue weighted by Crippen LogP contribution is 2.35. The Bertz CT molecular complexity index is 1510. The second-order valence-electron chi connectivity index (χ2n) is 11.3. The van der Waals surface area contributed by atoms with Crippen molar-refractivity contribution >= 4 is 22.9 Å². The van der Waals surface area contributed by atoms with Gasteiger partial charge in [0.2, 0.25) is 5.91 Å². The molecule has 3 aromatic carbocycles. The third kappa shape index (κ3) is 6.29. The average molecular weight is 568 g/mol. The minimum atomic E-state index is 0.210. The van der Waals surface area contributed by atoms with Crippen molar-refractivity contribution in [2.75, 3.05) is 44.7 Å². The summed E-state index contributed by atoms with van der Waals surface area (Å²) in [6.45, 7) is 9.81. The van der Waals surface area contributed by atoms with E-state index in [1.807, 2.05) is 29.2 Å². The molecule has 41 heavy (non-hydrogen) atoms. The van der Waals surface area contributed by atoms with Crippen molar-refractivity contribution in [3.63, 3.8) is 0 Å². The van der Waals surface area contributed by atoms with Gasteiger partial charge in [-0.1, -0.05) is 49.4 Å². The first-order chi connectivity index (χ1) is 19.9. The van der Waals surface area contributed by atoms with Crippen LogP contribution in [0.25, 0.3) is 21.7 Å². The molecular weight excluding hydrogens is 530 g/mol. The van der Waals surface area contributed by atoms with Gasteiger partial charge in [0, 0.05) is 68.4 Å². The maximum Gasteiger partial charge on any atom is 0.222 e. The third-order valence-electron chi connectivity index (χ3n) is 7.91. The van der Waals surface area contributed by atoms with Crippen LogP contribution in [0.15, 0.2) is 66.7 Å². The summed E-state index contributed by atoms with van der Waals surface area (Å²) in [6.07, 6.45) is 1.54. The Morgan fingerprint density at radius 1 is 0.878 bits per heavy atom. The Balaban J connectivity index is 1.28. The molecule has 8 heteroatoms. The molecule has 1 amide bonds. The number of carbonyl (C=O) groups is 1. The van der Waals surface area contributed by atoms with Crippen LogP contribution < -0.4 is 9.64 Å². The van der Waals surface area contributed by atoms with Gasteiger partial charge in [0.1, 0.15) is 21.5 Å². The molecule has 212 valence electrons. The fourth-order valence-corrected chi connectivity index (χ4v) is 6.21. The van der Waals surface area contributed by atoms with E-state index in [0.717, 1.165) is 82.9 Å². The number of hydrogen-bond acceptors (Lipinski definition) is 7. The normalized spacial score (nSPS) is 16.1. The van der Waals surface area contributed by atoms with Gasteiger partial charge in [-0.15, -0.1) is 10.2 Å². The zero-order valence-corrected chi connectivity index (χ0v) is 24.9. The molecule has 7 nitrogen and oxygen atoms in total. The van der Waals surface area contributed by atoms with Gasteiger partial charge in [0.25, 0.3) is 0 Å². The lowest BCUT2D eigenvalue weighted by Gasteiger charge is -2.34. The number of likely N-dealkylation sites (tertiary alicyclic amines) is 1. The van der Waals surface area contributed by atoms with Gasteiger partial charge >= 0.3 is 0 Å². The number of benzene rings is 3. The predicted molar refractivity (Wildman–Crippen MR) is 166 cm³/mol. The van der Waals surface area contributed by atoms with Crippen LogP contribution >= 0.6 is 11.3 Å². The molecule has 0 radical (unpaired) electrons. The van der Waals surface area contributed by atoms with E-state index < -0.39 is 0 Å². The molecule has 1 aromatic heterocycles. The van der Waals surface area contributed by atoms with Crippen LogP contribution in [-0.4, -0.2) is 65.7 Å². The van der Waals surface area contributed by atoms with Crippen molar-refractivity contribution in [1.82, 2.24) is 20.0 Å². The molecule has 2 aliphatic rings. The summed E-state index contributed by atoms with van der Waals surface area (Å²) in [6, 6.07) is 23.2. The maximum atomic E-state index is 12.4. The number of rotatable bonds is 8. The van der Waals surface area contributed by atoms with Crippen LogP contribution in [0.2, 0.25) is 0 Å². The van der Waals surface area contributed by atoms with E-state index in [0.29, 0.717) is 18.9 Å². The van der Waals surface area contributed by atoms with Crippen molar-refractivity contribution < 1.29 is 9.53 Å². The average Bonchev–Trinajstić information content (AvgIpc) is 3.64. The fraction of sp³-hybridized carbons (Fsp3) is 0.364. The van der Waals surface area contributed by atoms with E-state index in [9.17, 15) is 4.79 Å². The summed E-state index contributed by atoms with van der Waals surface area (Å²) in [5.41, 5.74) is 5.53. The van der Waals surface area contributed by atoms with Crippen molar-refractivity contribution in [2.24, 2.45) is 0 Å². The van der Waals surface area contributed by atoms with Crippen LogP contribution in [-0.2, 0) is 11.3 Å². The lowest BCUT2D eigenvalue weighted by molar-refractivity contribution is -0.128. The van der Waals surface area contributed by atoms with Gasteiger partial charge < -0.3 is 19.4 Å². The molecule has 6 rings (SSSR count). The van der Waals surface area contributed by atoms with Gasteiger partial charge in [-0.05, 0) is 67.1 Å². The summed E-state index contributed by atoms with van der Waals surface area (Å²) < 4.78 is 6.52. The summed E-state index contributed by atoms with van der Waals surface area (Å²) in [5, 5.41) is 10.7. The number of nitrogens with zero attached hydrogens (tertiary/aromatic N) is 5. The van der Waals surface area contributed by atoms with Crippen molar-refractivity contribution in [3.8, 4) is 33.2 Å². The van der Waals surface area contributed by atoms with E-state index >= 15 is 0 Å². The number of ether oxygens (including phenoxy) is 1. The quantitative estimate of drug-likeness (QED) is 0.237. The number of amides is 1. The number of anilines is 1. The van der Waals surface area contributed by atoms with Crippen LogP contribution in [0, 0.1) is 0 Å². The Hall–Kier alpha value is -3.75. The van der Waals surface area contributed by atoms with Gasteiger partial charge in [-0.3, -0.25) is 4.79 Å². The second kappa shape index (κ2) is 12.0. The Morgan fingerprint density at radius 2 is 1.63 bits per heavy atom. The largest absolute Gasteiger partial charge is 0.457 e. The highest BCUT2D eigenvalue weighted by Gasteiger charge is 2.22. The van der Waals surface area contributed by atoms with Crippen LogP contribution in [0.4, 0.5) is 5.69 Å². The van der Waals surface area contributed by atoms with Crippen LogP contribution in [0.5, 0.6) is 11.5 Å². The standard InChI is InChI=1S/C33H37N5O2S/c1-23(2)32-34-35-33(41-32)24-11-13-29(14-12-24)40-30-21-26(9-10-27(30)22-38-15-5-8-31(38)39)25-6-4-7-28(20-25)37-18-16-36(3)17-19-37/h4,6-7,9-14,20-21,23H,5,8,15-19,22H2,1-3H3. The molecule has 4 aromatic rings.